The Labute approximate surface area is 112 Å². The normalized spacial score (nSPS) is 18.3. The van der Waals surface area contributed by atoms with Crippen molar-refractivity contribution in [1.82, 2.24) is 4.98 Å². The average molecular weight is 297 g/mol. The number of anilines is 1. The second kappa shape index (κ2) is 5.38. The first-order valence-electron chi connectivity index (χ1n) is 6.51. The van der Waals surface area contributed by atoms with Gasteiger partial charge in [0.15, 0.2) is 0 Å². The number of pyridine rings is 1. The summed E-state index contributed by atoms with van der Waals surface area (Å²) in [5.41, 5.74) is 1.73. The summed E-state index contributed by atoms with van der Waals surface area (Å²) < 4.78 is 1.05. The zero-order valence-electron chi connectivity index (χ0n) is 10.7. The molecular weight excluding hydrogens is 276 g/mol. The van der Waals surface area contributed by atoms with E-state index in [-0.39, 0.29) is 0 Å². The van der Waals surface area contributed by atoms with E-state index in [0.717, 1.165) is 16.8 Å². The summed E-state index contributed by atoms with van der Waals surface area (Å²) in [6.07, 6.45) is 8.65. The topological polar surface area (TPSA) is 24.9 Å². The third-order valence-electron chi connectivity index (χ3n) is 4.09. The number of hydrogen-bond donors (Lipinski definition) is 1. The molecule has 0 aromatic carbocycles. The van der Waals surface area contributed by atoms with Gasteiger partial charge in [-0.05, 0) is 59.2 Å². The van der Waals surface area contributed by atoms with Crippen LogP contribution in [0.15, 0.2) is 16.7 Å². The average Bonchev–Trinajstić information content (AvgIpc) is 2.77. The van der Waals surface area contributed by atoms with E-state index < -0.39 is 0 Å². The van der Waals surface area contributed by atoms with Gasteiger partial charge in [0.1, 0.15) is 5.82 Å². The fourth-order valence-corrected chi connectivity index (χ4v) is 3.22. The molecule has 0 unspecified atom stereocenters. The van der Waals surface area contributed by atoms with Crippen LogP contribution in [0.5, 0.6) is 0 Å². The quantitative estimate of drug-likeness (QED) is 0.883. The van der Waals surface area contributed by atoms with Gasteiger partial charge < -0.3 is 5.32 Å². The number of nitrogens with zero attached hydrogens (tertiary/aromatic N) is 1. The zero-order chi connectivity index (χ0) is 12.3. The molecule has 2 rings (SSSR count). The first kappa shape index (κ1) is 12.9. The molecule has 0 aliphatic heterocycles. The predicted octanol–water partition coefficient (Wildman–Crippen LogP) is 4.53. The molecule has 2 nitrogen and oxygen atoms in total. The van der Waals surface area contributed by atoms with Crippen LogP contribution in [-0.4, -0.2) is 11.5 Å². The largest absolute Gasteiger partial charge is 0.369 e. The minimum atomic E-state index is 0.515. The van der Waals surface area contributed by atoms with E-state index in [9.17, 15) is 0 Å². The molecule has 0 radical (unpaired) electrons. The van der Waals surface area contributed by atoms with E-state index in [2.05, 4.69) is 46.1 Å². The number of aromatic nitrogens is 1. The maximum Gasteiger partial charge on any atom is 0.128 e. The van der Waals surface area contributed by atoms with Crippen molar-refractivity contribution in [2.24, 2.45) is 5.41 Å². The molecule has 1 heterocycles. The van der Waals surface area contributed by atoms with Crippen LogP contribution in [0, 0.1) is 12.3 Å². The second-order valence-corrected chi connectivity index (χ2v) is 6.15. The van der Waals surface area contributed by atoms with E-state index in [0.29, 0.717) is 5.41 Å². The summed E-state index contributed by atoms with van der Waals surface area (Å²) >= 11 is 3.45. The molecule has 94 valence electrons. The Morgan fingerprint density at radius 1 is 1.41 bits per heavy atom. The highest BCUT2D eigenvalue weighted by Crippen LogP contribution is 2.40. The van der Waals surface area contributed by atoms with E-state index in [4.69, 9.17) is 0 Å². The molecule has 0 bridgehead atoms. The van der Waals surface area contributed by atoms with Gasteiger partial charge in [0.25, 0.3) is 0 Å². The van der Waals surface area contributed by atoms with E-state index >= 15 is 0 Å². The Hall–Kier alpha value is -0.570. The summed E-state index contributed by atoms with van der Waals surface area (Å²) in [6, 6.07) is 2.11. The first-order chi connectivity index (χ1) is 8.15. The van der Waals surface area contributed by atoms with Crippen molar-refractivity contribution in [3.8, 4) is 0 Å². The maximum atomic E-state index is 4.45. The lowest BCUT2D eigenvalue weighted by atomic mass is 9.83. The Kier molecular flexibility index (Phi) is 4.08. The maximum absolute atomic E-state index is 4.45. The van der Waals surface area contributed by atoms with Gasteiger partial charge in [-0.15, -0.1) is 0 Å². The van der Waals surface area contributed by atoms with Crippen LogP contribution in [0.25, 0.3) is 0 Å². The van der Waals surface area contributed by atoms with Gasteiger partial charge in [-0.3, -0.25) is 0 Å². The van der Waals surface area contributed by atoms with E-state index in [1.54, 1.807) is 0 Å². The molecule has 0 amide bonds. The predicted molar refractivity (Wildman–Crippen MR) is 76.4 cm³/mol. The highest BCUT2D eigenvalue weighted by Gasteiger charge is 2.31. The zero-order valence-corrected chi connectivity index (χ0v) is 12.3. The summed E-state index contributed by atoms with van der Waals surface area (Å²) in [5, 5.41) is 3.54. The van der Waals surface area contributed by atoms with Crippen LogP contribution >= 0.6 is 15.9 Å². The molecule has 1 N–H and O–H groups in total. The van der Waals surface area contributed by atoms with Crippen molar-refractivity contribution in [3.05, 3.63) is 22.3 Å². The molecule has 1 aliphatic carbocycles. The van der Waals surface area contributed by atoms with Crippen LogP contribution in [0.4, 0.5) is 5.82 Å². The summed E-state index contributed by atoms with van der Waals surface area (Å²) in [4.78, 5) is 4.45. The SMILES string of the molecule is CCC1(CNc2ncc(Br)cc2C)CCCC1. The highest BCUT2D eigenvalue weighted by molar-refractivity contribution is 9.10. The van der Waals surface area contributed by atoms with Gasteiger partial charge in [0.05, 0.1) is 0 Å². The van der Waals surface area contributed by atoms with Crippen LogP contribution in [-0.2, 0) is 0 Å². The molecule has 17 heavy (non-hydrogen) atoms. The van der Waals surface area contributed by atoms with Crippen LogP contribution < -0.4 is 5.32 Å². The number of nitrogens with one attached hydrogen (secondary N) is 1. The summed E-state index contributed by atoms with van der Waals surface area (Å²) in [6.45, 7) is 5.49. The smallest absolute Gasteiger partial charge is 0.128 e. The molecule has 0 atom stereocenters. The lowest BCUT2D eigenvalue weighted by Gasteiger charge is -2.28. The lowest BCUT2D eigenvalue weighted by molar-refractivity contribution is 0.306. The van der Waals surface area contributed by atoms with Gasteiger partial charge in [-0.2, -0.15) is 0 Å². The molecule has 3 heteroatoms. The first-order valence-corrected chi connectivity index (χ1v) is 7.30. The molecule has 1 aromatic heterocycles. The van der Waals surface area contributed by atoms with Gasteiger partial charge in [0, 0.05) is 17.2 Å². The van der Waals surface area contributed by atoms with Gasteiger partial charge in [-0.25, -0.2) is 4.98 Å². The monoisotopic (exact) mass is 296 g/mol. The fourth-order valence-electron chi connectivity index (χ4n) is 2.78. The number of hydrogen-bond acceptors (Lipinski definition) is 2. The Morgan fingerprint density at radius 2 is 2.12 bits per heavy atom. The van der Waals surface area contributed by atoms with Gasteiger partial charge in [-0.1, -0.05) is 19.8 Å². The van der Waals surface area contributed by atoms with Crippen LogP contribution in [0.1, 0.15) is 44.6 Å². The number of aryl methyl sites for hydroxylation is 1. The third kappa shape index (κ3) is 3.01. The third-order valence-corrected chi connectivity index (χ3v) is 4.52. The van der Waals surface area contributed by atoms with Crippen molar-refractivity contribution < 1.29 is 0 Å². The Balaban J connectivity index is 2.01. The molecule has 0 spiro atoms. The van der Waals surface area contributed by atoms with Gasteiger partial charge >= 0.3 is 0 Å². The fraction of sp³-hybridized carbons (Fsp3) is 0.643. The van der Waals surface area contributed by atoms with Crippen LogP contribution in [0.2, 0.25) is 0 Å². The van der Waals surface area contributed by atoms with Crippen molar-refractivity contribution in [2.45, 2.75) is 46.0 Å². The Morgan fingerprint density at radius 3 is 2.71 bits per heavy atom. The van der Waals surface area contributed by atoms with Crippen molar-refractivity contribution >= 4 is 21.7 Å². The van der Waals surface area contributed by atoms with E-state index in [1.807, 2.05) is 6.20 Å². The molecular formula is C14H21BrN2. The molecule has 1 aromatic rings. The van der Waals surface area contributed by atoms with E-state index in [1.165, 1.54) is 37.7 Å². The molecule has 0 saturated heterocycles. The van der Waals surface area contributed by atoms with Gasteiger partial charge in [0.2, 0.25) is 0 Å². The number of halogens is 1. The molecule has 1 aliphatic rings. The van der Waals surface area contributed by atoms with Crippen LogP contribution in [0.3, 0.4) is 0 Å². The van der Waals surface area contributed by atoms with Crippen molar-refractivity contribution in [1.29, 1.82) is 0 Å². The minimum absolute atomic E-state index is 0.515. The summed E-state index contributed by atoms with van der Waals surface area (Å²) in [7, 11) is 0. The second-order valence-electron chi connectivity index (χ2n) is 5.23. The highest BCUT2D eigenvalue weighted by atomic mass is 79.9. The van der Waals surface area contributed by atoms with Crippen molar-refractivity contribution in [3.63, 3.8) is 0 Å². The standard InChI is InChI=1S/C14H21BrN2/c1-3-14(6-4-5-7-14)10-17-13-11(2)8-12(15)9-16-13/h8-9H,3-7,10H2,1-2H3,(H,16,17). The van der Waals surface area contributed by atoms with Crippen molar-refractivity contribution in [2.75, 3.05) is 11.9 Å². The lowest BCUT2D eigenvalue weighted by Crippen LogP contribution is -2.26. The molecule has 1 saturated carbocycles. The Bertz CT molecular complexity index is 384. The minimum Gasteiger partial charge on any atom is -0.369 e. The number of rotatable bonds is 4. The molecule has 1 fully saturated rings. The summed E-state index contributed by atoms with van der Waals surface area (Å²) in [5.74, 6) is 1.04.